The third-order valence-electron chi connectivity index (χ3n) is 1.82. The number of thioether (sulfide) groups is 1. The standard InChI is InChI=1S/C9H12ClO5PS2/c1-2-17-8-5-3-4-7(10)9(8)18(12,13)15-6-14-16-11/h3-5H,2,6,16H2,1H3. The molecule has 0 spiro atoms. The summed E-state index contributed by atoms with van der Waals surface area (Å²) in [5.74, 6) is 0.698. The van der Waals surface area contributed by atoms with E-state index in [2.05, 4.69) is 8.71 Å². The molecule has 9 heteroatoms. The molecule has 1 unspecified atom stereocenters. The highest BCUT2D eigenvalue weighted by molar-refractivity contribution is 8.00. The van der Waals surface area contributed by atoms with E-state index < -0.39 is 25.6 Å². The third kappa shape index (κ3) is 4.26. The van der Waals surface area contributed by atoms with Gasteiger partial charge in [0.2, 0.25) is 0 Å². The highest BCUT2D eigenvalue weighted by Gasteiger charge is 2.23. The van der Waals surface area contributed by atoms with Crippen LogP contribution in [-0.2, 0) is 23.4 Å². The van der Waals surface area contributed by atoms with Crippen molar-refractivity contribution in [3.05, 3.63) is 23.2 Å². The monoisotopic (exact) mass is 330 g/mol. The van der Waals surface area contributed by atoms with Crippen molar-refractivity contribution in [3.8, 4) is 0 Å². The lowest BCUT2D eigenvalue weighted by atomic mass is 10.4. The van der Waals surface area contributed by atoms with Gasteiger partial charge in [0, 0.05) is 4.90 Å². The zero-order valence-corrected chi connectivity index (χ0v) is 13.0. The molecule has 0 saturated carbocycles. The van der Waals surface area contributed by atoms with Crippen LogP contribution in [-0.4, -0.2) is 21.0 Å². The molecule has 18 heavy (non-hydrogen) atoms. The first-order chi connectivity index (χ1) is 8.53. The second-order valence-electron chi connectivity index (χ2n) is 2.95. The van der Waals surface area contributed by atoms with E-state index in [0.717, 1.165) is 0 Å². The number of hydrogen-bond donors (Lipinski definition) is 0. The molecule has 0 radical (unpaired) electrons. The van der Waals surface area contributed by atoms with Crippen molar-refractivity contribution in [1.82, 2.24) is 0 Å². The largest absolute Gasteiger partial charge is 0.304 e. The first kappa shape index (κ1) is 16.0. The Hall–Kier alpha value is -0.0400. The van der Waals surface area contributed by atoms with Gasteiger partial charge in [0.05, 0.1) is 5.02 Å². The Morgan fingerprint density at radius 1 is 1.44 bits per heavy atom. The Morgan fingerprint density at radius 2 is 2.17 bits per heavy atom. The summed E-state index contributed by atoms with van der Waals surface area (Å²) in [7, 11) is -5.53. The molecule has 0 aliphatic heterocycles. The maximum Gasteiger partial charge on any atom is 0.301 e. The lowest BCUT2D eigenvalue weighted by molar-refractivity contribution is 0.139. The zero-order chi connectivity index (χ0) is 13.6. The summed E-state index contributed by atoms with van der Waals surface area (Å²) in [5.41, 5.74) is 0. The molecule has 0 N–H and O–H groups in total. The molecule has 1 aromatic rings. The van der Waals surface area contributed by atoms with Gasteiger partial charge in [0.15, 0.2) is 15.5 Å². The SMILES string of the molecule is CCSc1cccc(Cl)c1S(=O)(=O)OCO[PH2]=O. The third-order valence-corrected chi connectivity index (χ3v) is 4.93. The molecule has 102 valence electrons. The van der Waals surface area contributed by atoms with Crippen LogP contribution in [0.25, 0.3) is 0 Å². The van der Waals surface area contributed by atoms with Crippen molar-refractivity contribution >= 4 is 42.2 Å². The maximum atomic E-state index is 11.9. The topological polar surface area (TPSA) is 69.7 Å². The molecule has 0 amide bonds. The van der Waals surface area contributed by atoms with Crippen LogP contribution in [0.2, 0.25) is 5.02 Å². The van der Waals surface area contributed by atoms with Crippen molar-refractivity contribution in [2.24, 2.45) is 0 Å². The first-order valence-electron chi connectivity index (χ1n) is 4.89. The van der Waals surface area contributed by atoms with Crippen molar-refractivity contribution in [3.63, 3.8) is 0 Å². The summed E-state index contributed by atoms with van der Waals surface area (Å²) in [4.78, 5) is 0.433. The fourth-order valence-electron chi connectivity index (χ4n) is 1.18. The zero-order valence-electron chi connectivity index (χ0n) is 9.46. The van der Waals surface area contributed by atoms with Gasteiger partial charge in [-0.3, -0.25) is 4.57 Å². The van der Waals surface area contributed by atoms with E-state index in [-0.39, 0.29) is 9.92 Å². The number of halogens is 1. The van der Waals surface area contributed by atoms with Crippen molar-refractivity contribution in [2.45, 2.75) is 16.7 Å². The van der Waals surface area contributed by atoms with E-state index in [1.54, 1.807) is 12.1 Å². The summed E-state index contributed by atoms with van der Waals surface area (Å²) in [6, 6.07) is 4.78. The minimum atomic E-state index is -4.02. The van der Waals surface area contributed by atoms with Gasteiger partial charge in [-0.1, -0.05) is 24.6 Å². The number of hydrogen-bond acceptors (Lipinski definition) is 6. The lowest BCUT2D eigenvalue weighted by Crippen LogP contribution is -2.09. The molecule has 1 rings (SSSR count). The first-order valence-corrected chi connectivity index (χ1v) is 8.60. The summed E-state index contributed by atoms with van der Waals surface area (Å²) in [5, 5.41) is 0.0860. The second kappa shape index (κ2) is 7.53. The van der Waals surface area contributed by atoms with Crippen molar-refractivity contribution in [2.75, 3.05) is 12.5 Å². The Kier molecular flexibility index (Phi) is 6.70. The molecule has 1 atom stereocenters. The summed E-state index contributed by atoms with van der Waals surface area (Å²) in [6.45, 7) is 1.31. The Balaban J connectivity index is 3.09. The minimum Gasteiger partial charge on any atom is -0.304 e. The van der Waals surface area contributed by atoms with Crippen LogP contribution in [0, 0.1) is 0 Å². The van der Waals surface area contributed by atoms with E-state index in [0.29, 0.717) is 10.6 Å². The van der Waals surface area contributed by atoms with Crippen molar-refractivity contribution in [1.29, 1.82) is 0 Å². The quantitative estimate of drug-likeness (QED) is 0.252. The molecule has 0 aliphatic carbocycles. The Morgan fingerprint density at radius 3 is 2.78 bits per heavy atom. The minimum absolute atomic E-state index is 0.0805. The molecule has 0 fully saturated rings. The molecular formula is C9H12ClO5PS2. The highest BCUT2D eigenvalue weighted by Crippen LogP contribution is 2.33. The van der Waals surface area contributed by atoms with Gasteiger partial charge in [0.25, 0.3) is 0 Å². The molecular weight excluding hydrogens is 319 g/mol. The summed E-state index contributed by atoms with van der Waals surface area (Å²) >= 11 is 7.23. The normalized spacial score (nSPS) is 12.3. The fourth-order valence-corrected chi connectivity index (χ4v) is 4.05. The number of benzene rings is 1. The van der Waals surface area contributed by atoms with E-state index in [1.807, 2.05) is 6.92 Å². The van der Waals surface area contributed by atoms with E-state index in [9.17, 15) is 13.0 Å². The van der Waals surface area contributed by atoms with Crippen LogP contribution in [0.3, 0.4) is 0 Å². The predicted molar refractivity (Wildman–Crippen MR) is 72.5 cm³/mol. The Labute approximate surface area is 116 Å². The van der Waals surface area contributed by atoms with Gasteiger partial charge in [-0.15, -0.1) is 11.8 Å². The van der Waals surface area contributed by atoms with Gasteiger partial charge in [-0.05, 0) is 17.9 Å². The smallest absolute Gasteiger partial charge is 0.301 e. The second-order valence-corrected chi connectivity index (χ2v) is 6.74. The van der Waals surface area contributed by atoms with E-state index in [1.165, 1.54) is 17.8 Å². The van der Waals surface area contributed by atoms with Crippen LogP contribution >= 0.6 is 32.0 Å². The van der Waals surface area contributed by atoms with Crippen LogP contribution < -0.4 is 0 Å². The van der Waals surface area contributed by atoms with Crippen LogP contribution in [0.5, 0.6) is 0 Å². The van der Waals surface area contributed by atoms with E-state index in [4.69, 9.17) is 11.6 Å². The van der Waals surface area contributed by atoms with Crippen LogP contribution in [0.15, 0.2) is 28.0 Å². The fraction of sp³-hybridized carbons (Fsp3) is 0.333. The molecule has 0 saturated heterocycles. The Bertz CT molecular complexity index is 520. The van der Waals surface area contributed by atoms with Gasteiger partial charge in [-0.25, -0.2) is 4.18 Å². The van der Waals surface area contributed by atoms with Gasteiger partial charge in [-0.2, -0.15) is 8.42 Å². The molecule has 0 bridgehead atoms. The average Bonchev–Trinajstić information content (AvgIpc) is 2.29. The predicted octanol–water partition coefficient (Wildman–Crippen LogP) is 2.80. The summed E-state index contributed by atoms with van der Waals surface area (Å²) < 4.78 is 43.0. The van der Waals surface area contributed by atoms with Gasteiger partial charge in [0.1, 0.15) is 4.90 Å². The maximum absolute atomic E-state index is 11.9. The van der Waals surface area contributed by atoms with Crippen molar-refractivity contribution < 1.29 is 21.7 Å². The highest BCUT2D eigenvalue weighted by atomic mass is 35.5. The molecule has 5 nitrogen and oxygen atoms in total. The van der Waals surface area contributed by atoms with Crippen LogP contribution in [0.1, 0.15) is 6.92 Å². The van der Waals surface area contributed by atoms with Crippen LogP contribution in [0.4, 0.5) is 0 Å². The van der Waals surface area contributed by atoms with E-state index >= 15 is 0 Å². The van der Waals surface area contributed by atoms with Gasteiger partial charge < -0.3 is 4.52 Å². The lowest BCUT2D eigenvalue weighted by Gasteiger charge is -2.10. The molecule has 1 aromatic carbocycles. The molecule has 0 heterocycles. The molecule has 0 aliphatic rings. The average molecular weight is 331 g/mol. The summed E-state index contributed by atoms with van der Waals surface area (Å²) in [6.07, 6.45) is 0. The number of rotatable bonds is 7. The van der Waals surface area contributed by atoms with Gasteiger partial charge >= 0.3 is 10.1 Å². The molecule has 0 aromatic heterocycles.